The van der Waals surface area contributed by atoms with Crippen molar-refractivity contribution < 1.29 is 0 Å². The molecule has 7 nitrogen and oxygen atoms in total. The second kappa shape index (κ2) is 12.6. The molecule has 234 valence electrons. The molecule has 0 unspecified atom stereocenters. The highest BCUT2D eigenvalue weighted by molar-refractivity contribution is 6.20. The lowest BCUT2D eigenvalue weighted by atomic mass is 9.89. The van der Waals surface area contributed by atoms with Crippen LogP contribution in [-0.2, 0) is 0 Å². The zero-order valence-electron chi connectivity index (χ0n) is 26.7. The molecule has 0 fully saturated rings. The molecule has 50 heavy (non-hydrogen) atoms. The van der Waals surface area contributed by atoms with Gasteiger partial charge in [0.15, 0.2) is 23.3 Å². The van der Waals surface area contributed by atoms with Gasteiger partial charge in [0, 0.05) is 34.6 Å². The summed E-state index contributed by atoms with van der Waals surface area (Å²) in [5.41, 5.74) is 6.87. The molecule has 0 aliphatic carbocycles. The predicted molar refractivity (Wildman–Crippen MR) is 199 cm³/mol. The lowest BCUT2D eigenvalue weighted by molar-refractivity contribution is 1.05. The third-order valence-electron chi connectivity index (χ3n) is 8.66. The molecule has 0 radical (unpaired) electrons. The average molecular weight is 642 g/mol. The monoisotopic (exact) mass is 641 g/mol. The lowest BCUT2D eigenvalue weighted by Crippen LogP contribution is -2.03. The van der Waals surface area contributed by atoms with E-state index in [1.807, 2.05) is 84.9 Å². The van der Waals surface area contributed by atoms with Crippen LogP contribution in [0.25, 0.3) is 89.9 Å². The maximum Gasteiger partial charge on any atom is 0.182 e. The normalized spacial score (nSPS) is 11.2. The second-order valence-electron chi connectivity index (χ2n) is 11.8. The topological polar surface area (TPSA) is 90.2 Å². The molecule has 0 atom stereocenters. The molecule has 0 saturated carbocycles. The van der Waals surface area contributed by atoms with E-state index >= 15 is 0 Å². The highest BCUT2D eigenvalue weighted by atomic mass is 15.1. The molecule has 4 aromatic heterocycles. The smallest absolute Gasteiger partial charge is 0.182 e. The van der Waals surface area contributed by atoms with Gasteiger partial charge in [-0.1, -0.05) is 121 Å². The molecule has 0 aliphatic heterocycles. The van der Waals surface area contributed by atoms with E-state index in [1.54, 1.807) is 12.4 Å². The first kappa shape index (κ1) is 29.2. The van der Waals surface area contributed by atoms with E-state index in [0.29, 0.717) is 34.7 Å². The summed E-state index contributed by atoms with van der Waals surface area (Å²) in [5.74, 6) is 2.16. The van der Waals surface area contributed by atoms with Gasteiger partial charge in [-0.3, -0.25) is 9.97 Å². The van der Waals surface area contributed by atoms with Gasteiger partial charge in [0.05, 0.1) is 11.4 Å². The first-order valence-corrected chi connectivity index (χ1v) is 16.3. The van der Waals surface area contributed by atoms with E-state index in [2.05, 4.69) is 76.7 Å². The van der Waals surface area contributed by atoms with Crippen LogP contribution < -0.4 is 0 Å². The van der Waals surface area contributed by atoms with E-state index in [4.69, 9.17) is 24.9 Å². The van der Waals surface area contributed by atoms with Crippen molar-refractivity contribution >= 4 is 21.5 Å². The lowest BCUT2D eigenvalue weighted by Gasteiger charge is -2.18. The molecule has 7 heteroatoms. The summed E-state index contributed by atoms with van der Waals surface area (Å²) in [5, 5.41) is 4.04. The summed E-state index contributed by atoms with van der Waals surface area (Å²) in [6.45, 7) is 0. The Morgan fingerprint density at radius 3 is 1.24 bits per heavy atom. The van der Waals surface area contributed by atoms with Gasteiger partial charge in [-0.05, 0) is 51.9 Å². The van der Waals surface area contributed by atoms with Crippen molar-refractivity contribution in [2.45, 2.75) is 0 Å². The van der Waals surface area contributed by atoms with Crippen LogP contribution in [0.2, 0.25) is 0 Å². The molecule has 0 aliphatic rings. The molecule has 0 amide bonds. The third kappa shape index (κ3) is 5.33. The quantitative estimate of drug-likeness (QED) is 0.167. The number of nitrogens with zero attached hydrogens (tertiary/aromatic N) is 7. The van der Waals surface area contributed by atoms with E-state index in [9.17, 15) is 0 Å². The Labute approximate surface area is 288 Å². The Balaban J connectivity index is 1.35. The van der Waals surface area contributed by atoms with Gasteiger partial charge in [-0.25, -0.2) is 24.9 Å². The summed E-state index contributed by atoms with van der Waals surface area (Å²) in [4.78, 5) is 34.4. The average Bonchev–Trinajstić information content (AvgIpc) is 3.21. The summed E-state index contributed by atoms with van der Waals surface area (Å²) in [7, 11) is 0. The molecule has 4 heterocycles. The second-order valence-corrected chi connectivity index (χ2v) is 11.8. The van der Waals surface area contributed by atoms with Crippen molar-refractivity contribution in [2.75, 3.05) is 0 Å². The van der Waals surface area contributed by atoms with Crippen LogP contribution in [0.4, 0.5) is 0 Å². The summed E-state index contributed by atoms with van der Waals surface area (Å²) >= 11 is 0. The van der Waals surface area contributed by atoms with Gasteiger partial charge in [0.2, 0.25) is 0 Å². The van der Waals surface area contributed by atoms with Gasteiger partial charge < -0.3 is 0 Å². The Morgan fingerprint density at radius 1 is 0.280 bits per heavy atom. The largest absolute Gasteiger partial charge is 0.253 e. The van der Waals surface area contributed by atoms with Crippen molar-refractivity contribution in [1.82, 2.24) is 34.9 Å². The zero-order valence-corrected chi connectivity index (χ0v) is 26.7. The van der Waals surface area contributed by atoms with Crippen LogP contribution in [0.15, 0.2) is 164 Å². The Hall–Kier alpha value is -6.99. The molecular formula is C43H27N7. The first-order valence-electron chi connectivity index (χ1n) is 16.3. The van der Waals surface area contributed by atoms with Gasteiger partial charge in [-0.15, -0.1) is 0 Å². The number of rotatable bonds is 6. The minimum Gasteiger partial charge on any atom is -0.253 e. The van der Waals surface area contributed by atoms with Gasteiger partial charge in [0.25, 0.3) is 0 Å². The van der Waals surface area contributed by atoms with E-state index in [-0.39, 0.29) is 0 Å². The first-order chi connectivity index (χ1) is 24.8. The summed E-state index contributed by atoms with van der Waals surface area (Å²) < 4.78 is 0. The van der Waals surface area contributed by atoms with Crippen LogP contribution in [0.1, 0.15) is 0 Å². The highest BCUT2D eigenvalue weighted by Gasteiger charge is 2.22. The van der Waals surface area contributed by atoms with Crippen molar-refractivity contribution in [2.24, 2.45) is 0 Å². The number of benzene rings is 5. The highest BCUT2D eigenvalue weighted by Crippen LogP contribution is 2.43. The molecule has 0 saturated heterocycles. The number of aromatic nitrogens is 7. The predicted octanol–water partition coefficient (Wildman–Crippen LogP) is 9.76. The number of hydrogen-bond acceptors (Lipinski definition) is 7. The van der Waals surface area contributed by atoms with Crippen molar-refractivity contribution in [3.63, 3.8) is 0 Å². The van der Waals surface area contributed by atoms with Crippen LogP contribution in [-0.4, -0.2) is 34.9 Å². The van der Waals surface area contributed by atoms with Gasteiger partial charge in [0.1, 0.15) is 11.4 Å². The zero-order chi connectivity index (χ0) is 33.3. The maximum atomic E-state index is 5.24. The molecule has 9 rings (SSSR count). The number of fused-ring (bicyclic) bond motifs is 2. The molecule has 0 spiro atoms. The standard InChI is InChI=1S/C43H27N7/c1-3-15-28(16-4-1)36-27-37(47-40(46-36)29-17-5-2-6-18-29)38-30-19-7-9-21-32(30)39(33-22-10-8-20-31(33)38)43-49-41(34-23-11-13-25-44-34)48-42(50-43)35-24-12-14-26-45-35/h1-27H. The third-order valence-corrected chi connectivity index (χ3v) is 8.66. The van der Waals surface area contributed by atoms with Crippen LogP contribution in [0.3, 0.4) is 0 Å². The fourth-order valence-electron chi connectivity index (χ4n) is 6.40. The van der Waals surface area contributed by atoms with Crippen LogP contribution >= 0.6 is 0 Å². The van der Waals surface area contributed by atoms with E-state index in [1.165, 1.54) is 0 Å². The molecular weight excluding hydrogens is 615 g/mol. The Bertz CT molecular complexity index is 2270. The Kier molecular flexibility index (Phi) is 7.33. The molecule has 9 aromatic rings. The van der Waals surface area contributed by atoms with Crippen molar-refractivity contribution in [3.05, 3.63) is 164 Å². The van der Waals surface area contributed by atoms with Crippen LogP contribution in [0, 0.1) is 0 Å². The van der Waals surface area contributed by atoms with Crippen molar-refractivity contribution in [1.29, 1.82) is 0 Å². The van der Waals surface area contributed by atoms with Crippen LogP contribution in [0.5, 0.6) is 0 Å². The summed E-state index contributed by atoms with van der Waals surface area (Å²) in [6.07, 6.45) is 3.49. The molecule has 0 N–H and O–H groups in total. The van der Waals surface area contributed by atoms with Gasteiger partial charge >= 0.3 is 0 Å². The minimum absolute atomic E-state index is 0.476. The summed E-state index contributed by atoms with van der Waals surface area (Å²) in [6, 6.07) is 50.7. The minimum atomic E-state index is 0.476. The number of hydrogen-bond donors (Lipinski definition) is 0. The Morgan fingerprint density at radius 2 is 0.720 bits per heavy atom. The molecule has 0 bridgehead atoms. The van der Waals surface area contributed by atoms with E-state index < -0.39 is 0 Å². The fraction of sp³-hybridized carbons (Fsp3) is 0. The van der Waals surface area contributed by atoms with Gasteiger partial charge in [-0.2, -0.15) is 0 Å². The van der Waals surface area contributed by atoms with E-state index in [0.717, 1.165) is 55.2 Å². The SMILES string of the molecule is c1ccc(-c2cc(-c3c4ccccc4c(-c4nc(-c5ccccn5)nc(-c5ccccn5)n4)c4ccccc34)nc(-c3ccccc3)n2)cc1. The fourth-order valence-corrected chi connectivity index (χ4v) is 6.40. The molecule has 5 aromatic carbocycles. The number of pyridine rings is 2. The maximum absolute atomic E-state index is 5.24. The van der Waals surface area contributed by atoms with Crippen molar-refractivity contribution in [3.8, 4) is 68.3 Å².